The number of benzene rings is 1. The second kappa shape index (κ2) is 8.37. The van der Waals surface area contributed by atoms with Gasteiger partial charge in [-0.2, -0.15) is 0 Å². The predicted octanol–water partition coefficient (Wildman–Crippen LogP) is 2.85. The van der Waals surface area contributed by atoms with Crippen molar-refractivity contribution in [2.45, 2.75) is 45.1 Å². The van der Waals surface area contributed by atoms with Crippen molar-refractivity contribution in [3.8, 4) is 0 Å². The summed E-state index contributed by atoms with van der Waals surface area (Å²) in [7, 11) is 0. The normalized spacial score (nSPS) is 23.1. The fourth-order valence-electron chi connectivity index (χ4n) is 3.81. The SMILES string of the molecule is CCCC(=O)N1CCCC1C(=O)OCC1CCN(c2ccccc2)C1. The number of rotatable bonds is 6. The molecule has 1 aromatic carbocycles. The molecule has 0 N–H and O–H groups in total. The van der Waals surface area contributed by atoms with Crippen molar-refractivity contribution < 1.29 is 14.3 Å². The first kappa shape index (κ1) is 17.8. The van der Waals surface area contributed by atoms with Gasteiger partial charge < -0.3 is 14.5 Å². The number of esters is 1. The van der Waals surface area contributed by atoms with E-state index in [9.17, 15) is 9.59 Å². The second-order valence-corrected chi connectivity index (χ2v) is 7.06. The topological polar surface area (TPSA) is 49.9 Å². The van der Waals surface area contributed by atoms with E-state index in [0.717, 1.165) is 38.8 Å². The lowest BCUT2D eigenvalue weighted by molar-refractivity contribution is -0.154. The summed E-state index contributed by atoms with van der Waals surface area (Å²) >= 11 is 0. The van der Waals surface area contributed by atoms with Crippen molar-refractivity contribution in [3.63, 3.8) is 0 Å². The lowest BCUT2D eigenvalue weighted by Gasteiger charge is -2.24. The van der Waals surface area contributed by atoms with Gasteiger partial charge >= 0.3 is 5.97 Å². The Balaban J connectivity index is 1.47. The molecule has 0 aromatic heterocycles. The number of para-hydroxylation sites is 1. The zero-order valence-electron chi connectivity index (χ0n) is 15.0. The molecule has 0 radical (unpaired) electrons. The third-order valence-electron chi connectivity index (χ3n) is 5.18. The van der Waals surface area contributed by atoms with Crippen molar-refractivity contribution in [3.05, 3.63) is 30.3 Å². The van der Waals surface area contributed by atoms with Crippen LogP contribution in [0.4, 0.5) is 5.69 Å². The van der Waals surface area contributed by atoms with Gasteiger partial charge in [-0.25, -0.2) is 4.79 Å². The van der Waals surface area contributed by atoms with Gasteiger partial charge in [0, 0.05) is 37.7 Å². The number of likely N-dealkylation sites (tertiary alicyclic amines) is 1. The predicted molar refractivity (Wildman–Crippen MR) is 97.4 cm³/mol. The minimum atomic E-state index is -0.370. The van der Waals surface area contributed by atoms with Gasteiger partial charge in [0.25, 0.3) is 0 Å². The van der Waals surface area contributed by atoms with Gasteiger partial charge in [0.05, 0.1) is 6.61 Å². The van der Waals surface area contributed by atoms with E-state index in [1.807, 2.05) is 25.1 Å². The molecule has 2 heterocycles. The minimum absolute atomic E-state index is 0.0815. The van der Waals surface area contributed by atoms with E-state index in [1.54, 1.807) is 4.90 Å². The van der Waals surface area contributed by atoms with Crippen LogP contribution >= 0.6 is 0 Å². The highest BCUT2D eigenvalue weighted by atomic mass is 16.5. The first-order valence-electron chi connectivity index (χ1n) is 9.45. The fourth-order valence-corrected chi connectivity index (χ4v) is 3.81. The molecule has 2 saturated heterocycles. The summed E-state index contributed by atoms with van der Waals surface area (Å²) in [6.45, 7) is 5.04. The summed E-state index contributed by atoms with van der Waals surface area (Å²) in [6, 6.07) is 9.97. The van der Waals surface area contributed by atoms with E-state index in [2.05, 4.69) is 17.0 Å². The molecule has 5 nitrogen and oxygen atoms in total. The Hall–Kier alpha value is -2.04. The third kappa shape index (κ3) is 4.33. The number of carbonyl (C=O) groups is 2. The molecular formula is C20H28N2O3. The molecule has 136 valence electrons. The molecule has 5 heteroatoms. The van der Waals surface area contributed by atoms with Crippen molar-refractivity contribution >= 4 is 17.6 Å². The smallest absolute Gasteiger partial charge is 0.328 e. The number of anilines is 1. The Bertz CT molecular complexity index is 590. The van der Waals surface area contributed by atoms with E-state index < -0.39 is 0 Å². The molecule has 2 unspecified atom stereocenters. The molecule has 2 atom stereocenters. The van der Waals surface area contributed by atoms with Gasteiger partial charge in [0.15, 0.2) is 0 Å². The standard InChI is InChI=1S/C20H28N2O3/c1-2-7-19(23)22-12-6-10-18(22)20(24)25-15-16-11-13-21(14-16)17-8-4-3-5-9-17/h3-5,8-9,16,18H,2,6-7,10-15H2,1H3. The average molecular weight is 344 g/mol. The number of nitrogens with zero attached hydrogens (tertiary/aromatic N) is 2. The molecule has 2 aliphatic rings. The maximum Gasteiger partial charge on any atom is 0.328 e. The first-order valence-corrected chi connectivity index (χ1v) is 9.45. The van der Waals surface area contributed by atoms with Crippen LogP contribution in [-0.2, 0) is 14.3 Å². The van der Waals surface area contributed by atoms with E-state index >= 15 is 0 Å². The van der Waals surface area contributed by atoms with Gasteiger partial charge in [-0.3, -0.25) is 4.79 Å². The molecule has 1 amide bonds. The van der Waals surface area contributed by atoms with Crippen LogP contribution in [0.3, 0.4) is 0 Å². The summed E-state index contributed by atoms with van der Waals surface area (Å²) < 4.78 is 5.59. The zero-order valence-corrected chi connectivity index (χ0v) is 15.0. The maximum absolute atomic E-state index is 12.4. The van der Waals surface area contributed by atoms with Crippen LogP contribution in [-0.4, -0.2) is 49.1 Å². The molecule has 0 aliphatic carbocycles. The summed E-state index contributed by atoms with van der Waals surface area (Å²) in [6.07, 6.45) is 3.98. The van der Waals surface area contributed by atoms with Crippen LogP contribution in [0.1, 0.15) is 39.0 Å². The molecule has 0 spiro atoms. The van der Waals surface area contributed by atoms with Gasteiger partial charge in [-0.05, 0) is 37.8 Å². The molecule has 0 bridgehead atoms. The molecule has 3 rings (SSSR count). The van der Waals surface area contributed by atoms with Crippen LogP contribution in [0.5, 0.6) is 0 Å². The lowest BCUT2D eigenvalue weighted by Crippen LogP contribution is -2.41. The Morgan fingerprint density at radius 3 is 2.72 bits per heavy atom. The first-order chi connectivity index (χ1) is 12.2. The fraction of sp³-hybridized carbons (Fsp3) is 0.600. The number of amides is 1. The van der Waals surface area contributed by atoms with Crippen LogP contribution in [0.15, 0.2) is 30.3 Å². The third-order valence-corrected chi connectivity index (χ3v) is 5.18. The van der Waals surface area contributed by atoms with Crippen LogP contribution < -0.4 is 4.90 Å². The van der Waals surface area contributed by atoms with E-state index in [0.29, 0.717) is 25.5 Å². The van der Waals surface area contributed by atoms with Gasteiger partial charge in [-0.1, -0.05) is 25.1 Å². The Morgan fingerprint density at radius 1 is 1.16 bits per heavy atom. The Labute approximate surface area is 149 Å². The van der Waals surface area contributed by atoms with Gasteiger partial charge in [0.1, 0.15) is 6.04 Å². The molecule has 2 aliphatic heterocycles. The lowest BCUT2D eigenvalue weighted by atomic mass is 10.1. The van der Waals surface area contributed by atoms with Crippen molar-refractivity contribution in [2.24, 2.45) is 5.92 Å². The molecule has 25 heavy (non-hydrogen) atoms. The van der Waals surface area contributed by atoms with Crippen molar-refractivity contribution in [1.82, 2.24) is 4.90 Å². The van der Waals surface area contributed by atoms with Crippen molar-refractivity contribution in [2.75, 3.05) is 31.1 Å². The van der Waals surface area contributed by atoms with Crippen LogP contribution in [0, 0.1) is 5.92 Å². The second-order valence-electron chi connectivity index (χ2n) is 7.06. The largest absolute Gasteiger partial charge is 0.464 e. The molecule has 0 saturated carbocycles. The van der Waals surface area contributed by atoms with Gasteiger partial charge in [0.2, 0.25) is 5.91 Å². The van der Waals surface area contributed by atoms with Crippen LogP contribution in [0.2, 0.25) is 0 Å². The number of ether oxygens (including phenoxy) is 1. The van der Waals surface area contributed by atoms with Gasteiger partial charge in [-0.15, -0.1) is 0 Å². The van der Waals surface area contributed by atoms with Crippen LogP contribution in [0.25, 0.3) is 0 Å². The summed E-state index contributed by atoms with van der Waals surface area (Å²) in [5.41, 5.74) is 1.23. The Kier molecular flexibility index (Phi) is 5.95. The highest BCUT2D eigenvalue weighted by Crippen LogP contribution is 2.25. The van der Waals surface area contributed by atoms with Crippen molar-refractivity contribution in [1.29, 1.82) is 0 Å². The maximum atomic E-state index is 12.4. The van der Waals surface area contributed by atoms with E-state index in [1.165, 1.54) is 5.69 Å². The highest BCUT2D eigenvalue weighted by molar-refractivity contribution is 5.85. The quantitative estimate of drug-likeness (QED) is 0.745. The Morgan fingerprint density at radius 2 is 1.96 bits per heavy atom. The number of hydrogen-bond acceptors (Lipinski definition) is 4. The summed E-state index contributed by atoms with van der Waals surface area (Å²) in [5, 5.41) is 0. The summed E-state index contributed by atoms with van der Waals surface area (Å²) in [5.74, 6) is 0.225. The minimum Gasteiger partial charge on any atom is -0.464 e. The zero-order chi connectivity index (χ0) is 17.6. The highest BCUT2D eigenvalue weighted by Gasteiger charge is 2.35. The monoisotopic (exact) mass is 344 g/mol. The number of carbonyl (C=O) groups excluding carboxylic acids is 2. The van der Waals surface area contributed by atoms with E-state index in [-0.39, 0.29) is 17.9 Å². The molecule has 2 fully saturated rings. The molecular weight excluding hydrogens is 316 g/mol. The van der Waals surface area contributed by atoms with E-state index in [4.69, 9.17) is 4.74 Å². The number of hydrogen-bond donors (Lipinski definition) is 0. The average Bonchev–Trinajstić information content (AvgIpc) is 3.30. The summed E-state index contributed by atoms with van der Waals surface area (Å²) in [4.78, 5) is 28.6. The molecule has 1 aromatic rings.